The predicted molar refractivity (Wildman–Crippen MR) is 109 cm³/mol. The minimum Gasteiger partial charge on any atom is -0.292 e. The fourth-order valence-corrected chi connectivity index (χ4v) is 5.76. The summed E-state index contributed by atoms with van der Waals surface area (Å²) >= 11 is 1.67. The van der Waals surface area contributed by atoms with E-state index in [1.54, 1.807) is 18.4 Å². The molecule has 0 N–H and O–H groups in total. The number of fused-ring (bicyclic) bond motifs is 3. The van der Waals surface area contributed by atoms with E-state index >= 15 is 0 Å². The molecule has 4 atom stereocenters. The molecule has 0 aromatic carbocycles. The lowest BCUT2D eigenvalue weighted by Gasteiger charge is -2.35. The summed E-state index contributed by atoms with van der Waals surface area (Å²) < 4.78 is 0. The van der Waals surface area contributed by atoms with Crippen LogP contribution in [0.2, 0.25) is 0 Å². The molecule has 2 aromatic heterocycles. The van der Waals surface area contributed by atoms with E-state index in [0.29, 0.717) is 0 Å². The molecule has 0 spiro atoms. The zero-order valence-corrected chi connectivity index (χ0v) is 16.6. The van der Waals surface area contributed by atoms with Gasteiger partial charge in [-0.2, -0.15) is 11.3 Å². The first-order chi connectivity index (χ1) is 13.6. The van der Waals surface area contributed by atoms with Crippen LogP contribution in [0, 0.1) is 11.8 Å². The molecule has 3 aliphatic rings. The molecule has 0 aliphatic carbocycles. The van der Waals surface area contributed by atoms with Gasteiger partial charge in [0.05, 0.1) is 17.5 Å². The van der Waals surface area contributed by atoms with Gasteiger partial charge in [-0.1, -0.05) is 18.6 Å². The number of carbonyl (C=O) groups is 2. The second-order valence-electron chi connectivity index (χ2n) is 7.92. The lowest BCUT2D eigenvalue weighted by Crippen LogP contribution is -2.45. The molecule has 3 aliphatic heterocycles. The van der Waals surface area contributed by atoms with Crippen molar-refractivity contribution in [3.8, 4) is 11.1 Å². The summed E-state index contributed by atoms with van der Waals surface area (Å²) in [5.41, 5.74) is 3.16. The topological polar surface area (TPSA) is 53.5 Å². The third-order valence-electron chi connectivity index (χ3n) is 6.48. The van der Waals surface area contributed by atoms with E-state index in [1.807, 2.05) is 18.3 Å². The maximum atomic E-state index is 12.8. The van der Waals surface area contributed by atoms with Gasteiger partial charge in [0, 0.05) is 30.9 Å². The number of pyridine rings is 1. The Morgan fingerprint density at radius 2 is 1.96 bits per heavy atom. The molecule has 0 bridgehead atoms. The molecule has 2 amide bonds. The van der Waals surface area contributed by atoms with Gasteiger partial charge in [-0.05, 0) is 53.9 Å². The van der Waals surface area contributed by atoms with Crippen LogP contribution < -0.4 is 0 Å². The molecule has 28 heavy (non-hydrogen) atoms. The molecular weight excluding hydrogens is 370 g/mol. The number of amides is 2. The summed E-state index contributed by atoms with van der Waals surface area (Å²) in [7, 11) is 1.63. The monoisotopic (exact) mass is 393 g/mol. The van der Waals surface area contributed by atoms with Crippen molar-refractivity contribution in [2.75, 3.05) is 13.6 Å². The molecule has 5 heterocycles. The van der Waals surface area contributed by atoms with Crippen molar-refractivity contribution in [3.63, 3.8) is 0 Å². The molecule has 0 radical (unpaired) electrons. The molecule has 5 rings (SSSR count). The number of hydrogen-bond acceptors (Lipinski definition) is 5. The van der Waals surface area contributed by atoms with Crippen LogP contribution >= 0.6 is 11.3 Å². The summed E-state index contributed by atoms with van der Waals surface area (Å²) in [6, 6.07) is 6.36. The first kappa shape index (κ1) is 17.8. The Hall–Kier alpha value is -2.31. The molecule has 0 saturated carbocycles. The number of aromatic nitrogens is 1. The zero-order chi connectivity index (χ0) is 19.3. The smallest absolute Gasteiger partial charge is 0.234 e. The van der Waals surface area contributed by atoms with E-state index in [4.69, 9.17) is 0 Å². The van der Waals surface area contributed by atoms with Gasteiger partial charge < -0.3 is 0 Å². The van der Waals surface area contributed by atoms with Crippen molar-refractivity contribution in [1.29, 1.82) is 0 Å². The van der Waals surface area contributed by atoms with Gasteiger partial charge in [0.2, 0.25) is 11.8 Å². The lowest BCUT2D eigenvalue weighted by atomic mass is 9.87. The summed E-state index contributed by atoms with van der Waals surface area (Å²) in [4.78, 5) is 33.7. The second kappa shape index (κ2) is 6.94. The van der Waals surface area contributed by atoms with Gasteiger partial charge in [-0.15, -0.1) is 0 Å². The van der Waals surface area contributed by atoms with E-state index in [9.17, 15) is 9.59 Å². The van der Waals surface area contributed by atoms with Crippen molar-refractivity contribution >= 4 is 29.2 Å². The number of carbonyl (C=O) groups excluding carboxylic acids is 2. The molecule has 4 unspecified atom stereocenters. The van der Waals surface area contributed by atoms with Crippen molar-refractivity contribution < 1.29 is 9.59 Å². The highest BCUT2D eigenvalue weighted by Gasteiger charge is 2.60. The summed E-state index contributed by atoms with van der Waals surface area (Å²) in [5, 5.41) is 4.17. The van der Waals surface area contributed by atoms with Crippen LogP contribution in [-0.2, 0) is 9.59 Å². The van der Waals surface area contributed by atoms with Crippen LogP contribution in [0.5, 0.6) is 0 Å². The Morgan fingerprint density at radius 1 is 1.11 bits per heavy atom. The van der Waals surface area contributed by atoms with Gasteiger partial charge in [-0.25, -0.2) is 0 Å². The third-order valence-corrected chi connectivity index (χ3v) is 7.16. The van der Waals surface area contributed by atoms with Crippen LogP contribution in [0.4, 0.5) is 0 Å². The highest BCUT2D eigenvalue weighted by molar-refractivity contribution is 7.08. The standard InChI is InChI=1S/C22H23N3O2S/c1-24-21(26)19-17-4-2-3-10-25(17)18(20(19)22(24)27)8-7-16-6-5-14(12-23-16)15-9-11-28-13-15/h5-9,11-13,17-20H,2-4,10H2,1H3. The van der Waals surface area contributed by atoms with Crippen LogP contribution in [0.25, 0.3) is 17.2 Å². The summed E-state index contributed by atoms with van der Waals surface area (Å²) in [6.07, 6.45) is 9.27. The fourth-order valence-electron chi connectivity index (χ4n) is 5.10. The predicted octanol–water partition coefficient (Wildman–Crippen LogP) is 3.29. The number of nitrogens with zero attached hydrogens (tertiary/aromatic N) is 3. The van der Waals surface area contributed by atoms with Crippen LogP contribution in [0.15, 0.2) is 41.2 Å². The molecule has 144 valence electrons. The van der Waals surface area contributed by atoms with Gasteiger partial charge in [0.25, 0.3) is 0 Å². The Morgan fingerprint density at radius 3 is 2.71 bits per heavy atom. The third kappa shape index (κ3) is 2.74. The van der Waals surface area contributed by atoms with E-state index in [0.717, 1.165) is 37.1 Å². The molecular formula is C22H23N3O2S. The molecule has 5 nitrogen and oxygen atoms in total. The van der Waals surface area contributed by atoms with Gasteiger partial charge in [-0.3, -0.25) is 24.4 Å². The quantitative estimate of drug-likeness (QED) is 0.751. The fraction of sp³-hybridized carbons (Fsp3) is 0.409. The Kier molecular flexibility index (Phi) is 4.40. The highest BCUT2D eigenvalue weighted by Crippen LogP contribution is 2.46. The number of thiophene rings is 1. The first-order valence-electron chi connectivity index (χ1n) is 9.89. The van der Waals surface area contributed by atoms with Crippen molar-refractivity contribution in [2.24, 2.45) is 11.8 Å². The van der Waals surface area contributed by atoms with Gasteiger partial charge in [0.1, 0.15) is 0 Å². The highest BCUT2D eigenvalue weighted by atomic mass is 32.1. The first-order valence-corrected chi connectivity index (χ1v) is 10.8. The SMILES string of the molecule is CN1C(=O)C2C(C1=O)C1CCCCN1C2C=Cc1ccc(-c2ccsc2)cn1. The Bertz CT molecular complexity index is 922. The van der Waals surface area contributed by atoms with E-state index in [2.05, 4.69) is 38.9 Å². The maximum absolute atomic E-state index is 12.8. The maximum Gasteiger partial charge on any atom is 0.234 e. The molecule has 3 saturated heterocycles. The Labute approximate surface area is 168 Å². The average Bonchev–Trinajstić information content (AvgIpc) is 3.42. The lowest BCUT2D eigenvalue weighted by molar-refractivity contribution is -0.139. The summed E-state index contributed by atoms with van der Waals surface area (Å²) in [5.74, 6) is -0.454. The number of rotatable bonds is 3. The van der Waals surface area contributed by atoms with Gasteiger partial charge >= 0.3 is 0 Å². The zero-order valence-electron chi connectivity index (χ0n) is 15.8. The van der Waals surface area contributed by atoms with E-state index in [-0.39, 0.29) is 35.7 Å². The summed E-state index contributed by atoms with van der Waals surface area (Å²) in [6.45, 7) is 0.960. The minimum absolute atomic E-state index is 0.000964. The van der Waals surface area contributed by atoms with Gasteiger partial charge in [0.15, 0.2) is 0 Å². The van der Waals surface area contributed by atoms with Crippen molar-refractivity contribution in [1.82, 2.24) is 14.8 Å². The van der Waals surface area contributed by atoms with Crippen molar-refractivity contribution in [2.45, 2.75) is 31.3 Å². The molecule has 3 fully saturated rings. The van der Waals surface area contributed by atoms with Crippen molar-refractivity contribution in [3.05, 3.63) is 46.9 Å². The van der Waals surface area contributed by atoms with Crippen LogP contribution in [0.3, 0.4) is 0 Å². The number of likely N-dealkylation sites (tertiary alicyclic amines) is 1. The Balaban J connectivity index is 1.41. The second-order valence-corrected chi connectivity index (χ2v) is 8.70. The van der Waals surface area contributed by atoms with Crippen LogP contribution in [-0.4, -0.2) is 52.3 Å². The minimum atomic E-state index is -0.248. The molecule has 2 aromatic rings. The van der Waals surface area contributed by atoms with Crippen LogP contribution in [0.1, 0.15) is 25.0 Å². The number of piperidine rings is 1. The normalized spacial score (nSPS) is 30.2. The molecule has 6 heteroatoms. The average molecular weight is 394 g/mol. The van der Waals surface area contributed by atoms with E-state index in [1.165, 1.54) is 10.5 Å². The number of hydrogen-bond donors (Lipinski definition) is 0. The largest absolute Gasteiger partial charge is 0.292 e. The number of imide groups is 1. The van der Waals surface area contributed by atoms with E-state index < -0.39 is 0 Å².